The molecular formula is C16H25NaO8S. The van der Waals surface area contributed by atoms with E-state index in [1.807, 2.05) is 0 Å². The quantitative estimate of drug-likeness (QED) is 0.257. The molecule has 0 aliphatic heterocycles. The summed E-state index contributed by atoms with van der Waals surface area (Å²) in [6, 6.07) is 0. The Kier molecular flexibility index (Phi) is 9.02. The number of hydrogen-bond donors (Lipinski definition) is 1. The number of carbonyl (C=O) groups excluding carboxylic acids is 2. The number of esters is 2. The Morgan fingerprint density at radius 3 is 2.00 bits per heavy atom. The van der Waals surface area contributed by atoms with Gasteiger partial charge >= 0.3 is 41.5 Å². The maximum atomic E-state index is 12.0. The van der Waals surface area contributed by atoms with Crippen LogP contribution in [0, 0.1) is 18.3 Å². The third-order valence-corrected chi connectivity index (χ3v) is 6.41. The largest absolute Gasteiger partial charge is 1.00 e. The van der Waals surface area contributed by atoms with E-state index in [1.54, 1.807) is 6.42 Å². The summed E-state index contributed by atoms with van der Waals surface area (Å²) in [5.41, 5.74) is 0. The molecule has 0 aromatic heterocycles. The topological polar surface area (TPSA) is 116 Å². The molecule has 3 atom stereocenters. The van der Waals surface area contributed by atoms with Crippen molar-refractivity contribution in [3.05, 3.63) is 6.42 Å². The normalized spacial score (nSPS) is 32.2. The van der Waals surface area contributed by atoms with E-state index < -0.39 is 44.9 Å². The minimum absolute atomic E-state index is 0. The fraction of sp³-hybridized carbons (Fsp3) is 0.812. The molecule has 2 rings (SSSR count). The van der Waals surface area contributed by atoms with E-state index in [9.17, 15) is 22.6 Å². The van der Waals surface area contributed by atoms with Crippen molar-refractivity contribution in [1.82, 2.24) is 0 Å². The van der Waals surface area contributed by atoms with Gasteiger partial charge in [-0.1, -0.05) is 6.42 Å². The zero-order valence-electron chi connectivity index (χ0n) is 15.5. The molecule has 144 valence electrons. The number of rotatable bonds is 5. The number of hydrogen-bond acceptors (Lipinski definition) is 7. The van der Waals surface area contributed by atoms with Crippen LogP contribution in [0.5, 0.6) is 0 Å². The van der Waals surface area contributed by atoms with Crippen LogP contribution in [-0.4, -0.2) is 50.2 Å². The maximum Gasteiger partial charge on any atom is 1.00 e. The van der Waals surface area contributed by atoms with Crippen molar-refractivity contribution in [2.75, 3.05) is 14.2 Å². The molecule has 0 saturated heterocycles. The maximum absolute atomic E-state index is 12.0. The van der Waals surface area contributed by atoms with E-state index in [0.717, 1.165) is 6.42 Å². The SMILES string of the molecule is COC(=O)C1CC(OC2(S(=O)(=O)O)C[CH-]CCC2)CC(C(=O)OC)C1.[Na+]. The van der Waals surface area contributed by atoms with Crippen LogP contribution in [0.3, 0.4) is 0 Å². The first kappa shape index (κ1) is 23.8. The van der Waals surface area contributed by atoms with Crippen LogP contribution >= 0.6 is 0 Å². The van der Waals surface area contributed by atoms with Gasteiger partial charge < -0.3 is 20.6 Å². The minimum Gasteiger partial charge on any atom is -0.469 e. The van der Waals surface area contributed by atoms with Crippen LogP contribution in [0.15, 0.2) is 0 Å². The van der Waals surface area contributed by atoms with Crippen LogP contribution in [0.2, 0.25) is 0 Å². The van der Waals surface area contributed by atoms with Gasteiger partial charge in [-0.3, -0.25) is 14.1 Å². The molecule has 26 heavy (non-hydrogen) atoms. The Hall–Kier alpha value is -0.190. The van der Waals surface area contributed by atoms with Crippen molar-refractivity contribution in [2.45, 2.75) is 56.0 Å². The summed E-state index contributed by atoms with van der Waals surface area (Å²) >= 11 is 0. The molecule has 2 aliphatic carbocycles. The number of carbonyl (C=O) groups is 2. The van der Waals surface area contributed by atoms with Crippen molar-refractivity contribution in [3.63, 3.8) is 0 Å². The first-order valence-electron chi connectivity index (χ1n) is 8.34. The fourth-order valence-corrected chi connectivity index (χ4v) is 4.72. The second kappa shape index (κ2) is 9.84. The van der Waals surface area contributed by atoms with Crippen LogP contribution in [0.1, 0.15) is 44.9 Å². The Bertz CT molecular complexity index is 575. The second-order valence-electron chi connectivity index (χ2n) is 6.66. The molecular weight excluding hydrogens is 375 g/mol. The van der Waals surface area contributed by atoms with E-state index in [2.05, 4.69) is 0 Å². The van der Waals surface area contributed by atoms with Crippen LogP contribution in [-0.2, 0) is 33.9 Å². The van der Waals surface area contributed by atoms with Gasteiger partial charge in [-0.05, 0) is 25.7 Å². The van der Waals surface area contributed by atoms with E-state index >= 15 is 0 Å². The zero-order valence-corrected chi connectivity index (χ0v) is 18.3. The summed E-state index contributed by atoms with van der Waals surface area (Å²) in [5.74, 6) is -2.12. The average molecular weight is 400 g/mol. The minimum atomic E-state index is -4.46. The van der Waals surface area contributed by atoms with Gasteiger partial charge in [0.15, 0.2) is 4.93 Å². The molecule has 0 heterocycles. The summed E-state index contributed by atoms with van der Waals surface area (Å²) < 4.78 is 49.0. The summed E-state index contributed by atoms with van der Waals surface area (Å²) in [5, 5.41) is 0. The van der Waals surface area contributed by atoms with Gasteiger partial charge in [0.2, 0.25) is 0 Å². The van der Waals surface area contributed by atoms with Crippen molar-refractivity contribution in [3.8, 4) is 0 Å². The summed E-state index contributed by atoms with van der Waals surface area (Å²) in [7, 11) is -1.94. The van der Waals surface area contributed by atoms with Crippen molar-refractivity contribution < 1.29 is 66.3 Å². The van der Waals surface area contributed by atoms with E-state index in [4.69, 9.17) is 14.2 Å². The summed E-state index contributed by atoms with van der Waals surface area (Å²) in [6.45, 7) is 0. The first-order valence-corrected chi connectivity index (χ1v) is 9.78. The van der Waals surface area contributed by atoms with Gasteiger partial charge in [0, 0.05) is 0 Å². The van der Waals surface area contributed by atoms with Crippen LogP contribution < -0.4 is 29.6 Å². The molecule has 2 fully saturated rings. The Labute approximate surface area is 176 Å². The predicted molar refractivity (Wildman–Crippen MR) is 86.8 cm³/mol. The molecule has 0 bridgehead atoms. The van der Waals surface area contributed by atoms with Gasteiger partial charge in [-0.25, -0.2) is 0 Å². The summed E-state index contributed by atoms with van der Waals surface area (Å²) in [4.78, 5) is 22.2. The number of methoxy groups -OCH3 is 2. The molecule has 0 aromatic rings. The predicted octanol–water partition coefficient (Wildman–Crippen LogP) is -1.50. The summed E-state index contributed by atoms with van der Waals surface area (Å²) in [6.07, 6.45) is 3.41. The van der Waals surface area contributed by atoms with Gasteiger partial charge in [0.25, 0.3) is 10.1 Å². The van der Waals surface area contributed by atoms with Crippen molar-refractivity contribution in [2.24, 2.45) is 11.8 Å². The molecule has 2 saturated carbocycles. The molecule has 3 unspecified atom stereocenters. The molecule has 0 spiro atoms. The van der Waals surface area contributed by atoms with E-state index in [-0.39, 0.29) is 61.7 Å². The monoisotopic (exact) mass is 400 g/mol. The fourth-order valence-electron chi connectivity index (χ4n) is 3.73. The number of ether oxygens (including phenoxy) is 3. The van der Waals surface area contributed by atoms with Crippen molar-refractivity contribution in [1.29, 1.82) is 0 Å². The third kappa shape index (κ3) is 5.42. The Morgan fingerprint density at radius 1 is 1.08 bits per heavy atom. The molecule has 0 radical (unpaired) electrons. The smallest absolute Gasteiger partial charge is 0.469 e. The Morgan fingerprint density at radius 2 is 1.62 bits per heavy atom. The first-order chi connectivity index (χ1) is 11.7. The van der Waals surface area contributed by atoms with Crippen LogP contribution in [0.25, 0.3) is 0 Å². The molecule has 0 amide bonds. The van der Waals surface area contributed by atoms with Gasteiger partial charge in [-0.15, -0.1) is 6.42 Å². The van der Waals surface area contributed by atoms with E-state index in [0.29, 0.717) is 6.42 Å². The molecule has 1 N–H and O–H groups in total. The van der Waals surface area contributed by atoms with Crippen molar-refractivity contribution >= 4 is 22.1 Å². The average Bonchev–Trinajstić information content (AvgIpc) is 2.59. The second-order valence-corrected chi connectivity index (χ2v) is 8.35. The van der Waals surface area contributed by atoms with E-state index in [1.165, 1.54) is 14.2 Å². The third-order valence-electron chi connectivity index (χ3n) is 5.01. The molecule has 0 aromatic carbocycles. The molecule has 8 nitrogen and oxygen atoms in total. The zero-order chi connectivity index (χ0) is 18.7. The van der Waals surface area contributed by atoms with Gasteiger partial charge in [0.05, 0.1) is 32.2 Å². The van der Waals surface area contributed by atoms with Gasteiger partial charge in [0.1, 0.15) is 0 Å². The molecule has 10 heteroatoms. The van der Waals surface area contributed by atoms with Crippen LogP contribution in [0.4, 0.5) is 0 Å². The molecule has 2 aliphatic rings. The Balaban J connectivity index is 0.00000338. The van der Waals surface area contributed by atoms with Gasteiger partial charge in [-0.2, -0.15) is 14.8 Å². The standard InChI is InChI=1S/C16H25O8S.Na/c1-22-14(17)11-8-12(15(18)23-2)10-13(9-11)24-16(25(19,20)21)6-4-3-5-7-16;/h4,11-13H,3,5-10H2,1-2H3,(H,19,20,21);/q-1;+1.